The van der Waals surface area contributed by atoms with Crippen molar-refractivity contribution in [1.29, 1.82) is 0 Å². The maximum Gasteiger partial charge on any atom is 0.255 e. The first-order valence-corrected chi connectivity index (χ1v) is 12.8. The van der Waals surface area contributed by atoms with E-state index in [1.165, 1.54) is 11.0 Å². The Morgan fingerprint density at radius 1 is 1.17 bits per heavy atom. The van der Waals surface area contributed by atoms with Gasteiger partial charge >= 0.3 is 0 Å². The number of thioether (sulfide) groups is 1. The zero-order valence-electron chi connectivity index (χ0n) is 19.7. The standard InChI is InChI=1S/C26H29N3O5S/c1-15-18(9-6-10-20(15)30)23(32)27-19(13-16-7-4-3-5-8-16)21(31)24(33)28-14-35-26(2)22(28)25(34)29(26)17-11-12-17/h3-10,17,19,21-22,30-31H,11-14H2,1-2H3,(H,27,32)/t19-,21-,22+,26?/m0/s1. The summed E-state index contributed by atoms with van der Waals surface area (Å²) in [7, 11) is 0. The molecule has 4 atom stereocenters. The predicted molar refractivity (Wildman–Crippen MR) is 132 cm³/mol. The van der Waals surface area contributed by atoms with Gasteiger partial charge in [-0.05, 0) is 50.8 Å². The normalized spacial score (nSPS) is 25.0. The molecule has 1 aliphatic carbocycles. The molecule has 1 unspecified atom stereocenters. The highest BCUT2D eigenvalue weighted by Gasteiger charge is 2.68. The molecule has 2 aliphatic heterocycles. The highest BCUT2D eigenvalue weighted by Crippen LogP contribution is 2.54. The van der Waals surface area contributed by atoms with Crippen LogP contribution in [0.3, 0.4) is 0 Å². The number of hydrogen-bond acceptors (Lipinski definition) is 6. The van der Waals surface area contributed by atoms with Crippen molar-refractivity contribution in [2.75, 3.05) is 5.88 Å². The third kappa shape index (κ3) is 4.06. The average Bonchev–Trinajstić information content (AvgIpc) is 3.61. The summed E-state index contributed by atoms with van der Waals surface area (Å²) in [5, 5.41) is 24.0. The van der Waals surface area contributed by atoms with E-state index in [9.17, 15) is 24.6 Å². The predicted octanol–water partition coefficient (Wildman–Crippen LogP) is 2.02. The Morgan fingerprint density at radius 3 is 2.57 bits per heavy atom. The monoisotopic (exact) mass is 495 g/mol. The summed E-state index contributed by atoms with van der Waals surface area (Å²) in [4.78, 5) is 42.4. The Bertz CT molecular complexity index is 1170. The molecule has 2 aromatic rings. The van der Waals surface area contributed by atoms with Crippen LogP contribution in [0.2, 0.25) is 0 Å². The second-order valence-corrected chi connectivity index (χ2v) is 11.0. The number of fused-ring (bicyclic) bond motifs is 1. The molecule has 1 saturated carbocycles. The lowest BCUT2D eigenvalue weighted by Crippen LogP contribution is -2.74. The van der Waals surface area contributed by atoms with Gasteiger partial charge in [0.2, 0.25) is 5.91 Å². The van der Waals surface area contributed by atoms with Crippen LogP contribution in [0, 0.1) is 6.92 Å². The topological polar surface area (TPSA) is 110 Å². The number of nitrogens with one attached hydrogen (secondary N) is 1. The molecule has 35 heavy (non-hydrogen) atoms. The molecule has 0 bridgehead atoms. The van der Waals surface area contributed by atoms with Crippen LogP contribution in [0.4, 0.5) is 0 Å². The van der Waals surface area contributed by atoms with Gasteiger partial charge in [0.05, 0.1) is 11.9 Å². The first-order chi connectivity index (χ1) is 16.7. The minimum Gasteiger partial charge on any atom is -0.508 e. The van der Waals surface area contributed by atoms with Crippen LogP contribution < -0.4 is 5.32 Å². The summed E-state index contributed by atoms with van der Waals surface area (Å²) >= 11 is 1.54. The van der Waals surface area contributed by atoms with E-state index in [0.29, 0.717) is 11.4 Å². The molecule has 3 fully saturated rings. The maximum absolute atomic E-state index is 13.5. The smallest absolute Gasteiger partial charge is 0.255 e. The second kappa shape index (κ2) is 8.87. The fourth-order valence-electron chi connectivity index (χ4n) is 5.12. The van der Waals surface area contributed by atoms with E-state index in [1.807, 2.05) is 42.2 Å². The SMILES string of the molecule is Cc1c(O)cccc1C(=O)N[C@@H](Cc1ccccc1)[C@H](O)C(=O)N1CSC2(C)[C@H]1C(=O)N2C1CC1. The van der Waals surface area contributed by atoms with Crippen LogP contribution in [0.5, 0.6) is 5.75 Å². The Balaban J connectivity index is 1.37. The lowest BCUT2D eigenvalue weighted by atomic mass is 9.92. The average molecular weight is 496 g/mol. The van der Waals surface area contributed by atoms with Crippen molar-refractivity contribution in [2.45, 2.75) is 62.2 Å². The summed E-state index contributed by atoms with van der Waals surface area (Å²) in [6, 6.07) is 12.7. The number of phenols is 1. The molecule has 0 spiro atoms. The second-order valence-electron chi connectivity index (χ2n) is 9.64. The van der Waals surface area contributed by atoms with E-state index in [2.05, 4.69) is 5.32 Å². The van der Waals surface area contributed by atoms with Crippen LogP contribution in [-0.2, 0) is 16.0 Å². The maximum atomic E-state index is 13.5. The molecule has 2 heterocycles. The number of benzene rings is 2. The first-order valence-electron chi connectivity index (χ1n) is 11.8. The lowest BCUT2D eigenvalue weighted by Gasteiger charge is -2.53. The van der Waals surface area contributed by atoms with Crippen LogP contribution in [-0.4, -0.2) is 72.7 Å². The van der Waals surface area contributed by atoms with Crippen molar-refractivity contribution >= 4 is 29.5 Å². The largest absolute Gasteiger partial charge is 0.508 e. The molecule has 0 radical (unpaired) electrons. The van der Waals surface area contributed by atoms with Crippen molar-refractivity contribution in [3.05, 3.63) is 65.2 Å². The molecule has 184 valence electrons. The molecule has 3 N–H and O–H groups in total. The molecular formula is C26H29N3O5S. The third-order valence-corrected chi connectivity index (χ3v) is 8.67. The number of aliphatic hydroxyl groups excluding tert-OH is 1. The van der Waals surface area contributed by atoms with Gasteiger partial charge in [-0.2, -0.15) is 0 Å². The minimum absolute atomic E-state index is 0.00836. The zero-order chi connectivity index (χ0) is 24.9. The number of phenolic OH excluding ortho intramolecular Hbond substituents is 1. The summed E-state index contributed by atoms with van der Waals surface area (Å²) in [6.07, 6.45) is 0.667. The number of aromatic hydroxyl groups is 1. The van der Waals surface area contributed by atoms with Crippen molar-refractivity contribution < 1.29 is 24.6 Å². The Kier molecular flexibility index (Phi) is 6.01. The number of amides is 3. The molecule has 3 aliphatic rings. The molecule has 2 saturated heterocycles. The number of carbonyl (C=O) groups excluding carboxylic acids is 3. The number of nitrogens with zero attached hydrogens (tertiary/aromatic N) is 2. The fourth-order valence-corrected chi connectivity index (χ4v) is 6.57. The summed E-state index contributed by atoms with van der Waals surface area (Å²) in [5.41, 5.74) is 1.52. The van der Waals surface area contributed by atoms with E-state index >= 15 is 0 Å². The Labute approximate surface area is 208 Å². The van der Waals surface area contributed by atoms with Gasteiger partial charge in [0, 0.05) is 17.2 Å². The van der Waals surface area contributed by atoms with Crippen molar-refractivity contribution in [3.63, 3.8) is 0 Å². The van der Waals surface area contributed by atoms with Gasteiger partial charge in [-0.3, -0.25) is 14.4 Å². The quantitative estimate of drug-likeness (QED) is 0.507. The zero-order valence-corrected chi connectivity index (χ0v) is 20.5. The lowest BCUT2D eigenvalue weighted by molar-refractivity contribution is -0.168. The van der Waals surface area contributed by atoms with E-state index < -0.39 is 34.9 Å². The van der Waals surface area contributed by atoms with E-state index in [0.717, 1.165) is 18.4 Å². The van der Waals surface area contributed by atoms with Crippen LogP contribution in [0.15, 0.2) is 48.5 Å². The van der Waals surface area contributed by atoms with Crippen molar-refractivity contribution in [3.8, 4) is 5.75 Å². The number of rotatable bonds is 7. The Morgan fingerprint density at radius 2 is 1.89 bits per heavy atom. The molecule has 0 aromatic heterocycles. The van der Waals surface area contributed by atoms with Crippen LogP contribution in [0.1, 0.15) is 41.3 Å². The van der Waals surface area contributed by atoms with Crippen LogP contribution in [0.25, 0.3) is 0 Å². The van der Waals surface area contributed by atoms with Crippen molar-refractivity contribution in [1.82, 2.24) is 15.1 Å². The number of β-lactam (4-membered cyclic amide) rings is 1. The number of likely N-dealkylation sites (tertiary alicyclic amines) is 1. The van der Waals surface area contributed by atoms with E-state index in [4.69, 9.17) is 0 Å². The third-order valence-electron chi connectivity index (χ3n) is 7.26. The highest BCUT2D eigenvalue weighted by atomic mass is 32.2. The van der Waals surface area contributed by atoms with Gasteiger partial charge in [0.1, 0.15) is 16.7 Å². The van der Waals surface area contributed by atoms with Gasteiger partial charge in [-0.1, -0.05) is 36.4 Å². The molecule has 5 rings (SSSR count). The van der Waals surface area contributed by atoms with Gasteiger partial charge in [0.25, 0.3) is 11.8 Å². The molecule has 3 amide bonds. The van der Waals surface area contributed by atoms with Crippen molar-refractivity contribution in [2.24, 2.45) is 0 Å². The van der Waals surface area contributed by atoms with Gasteiger partial charge in [-0.15, -0.1) is 11.8 Å². The highest BCUT2D eigenvalue weighted by molar-refractivity contribution is 8.01. The number of aliphatic hydroxyl groups is 1. The number of hydrogen-bond donors (Lipinski definition) is 3. The summed E-state index contributed by atoms with van der Waals surface area (Å²) < 4.78 is 0. The van der Waals surface area contributed by atoms with Gasteiger partial charge in [0.15, 0.2) is 6.10 Å². The Hall–Kier alpha value is -3.04. The summed E-state index contributed by atoms with van der Waals surface area (Å²) in [5.74, 6) is -0.829. The van der Waals surface area contributed by atoms with E-state index in [-0.39, 0.29) is 29.7 Å². The molecule has 2 aromatic carbocycles. The molecule has 9 heteroatoms. The summed E-state index contributed by atoms with van der Waals surface area (Å²) in [6.45, 7) is 3.61. The molecular weight excluding hydrogens is 466 g/mol. The molecule has 8 nitrogen and oxygen atoms in total. The minimum atomic E-state index is -1.54. The first kappa shape index (κ1) is 23.7. The van der Waals surface area contributed by atoms with Gasteiger partial charge in [-0.25, -0.2) is 0 Å². The number of carbonyl (C=O) groups is 3. The fraction of sp³-hybridized carbons (Fsp3) is 0.423. The van der Waals surface area contributed by atoms with E-state index in [1.54, 1.807) is 30.8 Å². The van der Waals surface area contributed by atoms with Crippen LogP contribution >= 0.6 is 11.8 Å². The van der Waals surface area contributed by atoms with Gasteiger partial charge < -0.3 is 25.3 Å².